The second-order valence-electron chi connectivity index (χ2n) is 2.79. The third-order valence-corrected chi connectivity index (χ3v) is 2.13. The van der Waals surface area contributed by atoms with Gasteiger partial charge in [0.25, 0.3) is 0 Å². The minimum atomic E-state index is 0.976. The zero-order valence-electron chi connectivity index (χ0n) is 5.53. The van der Waals surface area contributed by atoms with Crippen LogP contribution in [0.5, 0.6) is 0 Å². The van der Waals surface area contributed by atoms with Crippen molar-refractivity contribution in [3.8, 4) is 0 Å². The van der Waals surface area contributed by atoms with Gasteiger partial charge in [-0.2, -0.15) is 0 Å². The highest BCUT2D eigenvalue weighted by molar-refractivity contribution is 4.65. The third-order valence-electron chi connectivity index (χ3n) is 2.13. The Labute approximate surface area is 52.3 Å². The zero-order chi connectivity index (χ0) is 5.82. The van der Waals surface area contributed by atoms with Gasteiger partial charge in [0, 0.05) is 0 Å². The van der Waals surface area contributed by atoms with Crippen molar-refractivity contribution in [2.45, 2.75) is 38.5 Å². The number of hydrogen-bond donors (Lipinski definition) is 0. The molecule has 0 saturated heterocycles. The fraction of sp³-hybridized carbons (Fsp3) is 0.875. The van der Waals surface area contributed by atoms with Crippen LogP contribution in [0.2, 0.25) is 0 Å². The van der Waals surface area contributed by atoms with Crippen LogP contribution in [0.1, 0.15) is 38.5 Å². The van der Waals surface area contributed by atoms with Crippen LogP contribution in [0.25, 0.3) is 0 Å². The Balaban J connectivity index is 2.13. The summed E-state index contributed by atoms with van der Waals surface area (Å²) in [7, 11) is 0. The first-order valence-corrected chi connectivity index (χ1v) is 3.72. The van der Waals surface area contributed by atoms with Crippen molar-refractivity contribution < 1.29 is 0 Å². The summed E-state index contributed by atoms with van der Waals surface area (Å²) in [5.41, 5.74) is 0. The molecule has 1 fully saturated rings. The minimum Gasteiger partial charge on any atom is -0.0533 e. The SMILES string of the molecule is [CH2+]CC1CCCCC1. The van der Waals surface area contributed by atoms with Crippen LogP contribution < -0.4 is 0 Å². The quantitative estimate of drug-likeness (QED) is 0.456. The molecule has 0 aromatic rings. The Bertz CT molecular complexity index is 51.1. The van der Waals surface area contributed by atoms with Gasteiger partial charge in [0.05, 0.1) is 13.3 Å². The van der Waals surface area contributed by atoms with E-state index in [9.17, 15) is 0 Å². The van der Waals surface area contributed by atoms with Crippen molar-refractivity contribution in [3.05, 3.63) is 6.92 Å². The summed E-state index contributed by atoms with van der Waals surface area (Å²) in [6.45, 7) is 3.91. The topological polar surface area (TPSA) is 0 Å². The molecule has 0 aromatic heterocycles. The van der Waals surface area contributed by atoms with Gasteiger partial charge in [-0.1, -0.05) is 19.3 Å². The summed E-state index contributed by atoms with van der Waals surface area (Å²) in [5, 5.41) is 0. The van der Waals surface area contributed by atoms with Crippen molar-refractivity contribution >= 4 is 0 Å². The maximum absolute atomic E-state index is 3.91. The van der Waals surface area contributed by atoms with E-state index in [-0.39, 0.29) is 0 Å². The Morgan fingerprint density at radius 2 is 1.75 bits per heavy atom. The number of hydrogen-bond acceptors (Lipinski definition) is 0. The van der Waals surface area contributed by atoms with E-state index in [0.717, 1.165) is 5.92 Å². The first-order chi connectivity index (χ1) is 3.93. The average Bonchev–Trinajstić information content (AvgIpc) is 1.90. The molecular weight excluding hydrogens is 96.1 g/mol. The second-order valence-corrected chi connectivity index (χ2v) is 2.79. The van der Waals surface area contributed by atoms with Crippen molar-refractivity contribution in [1.82, 2.24) is 0 Å². The molecular formula is C8H15+. The minimum absolute atomic E-state index is 0.976. The maximum Gasteiger partial charge on any atom is 0.0878 e. The molecule has 0 amide bonds. The fourth-order valence-electron chi connectivity index (χ4n) is 1.48. The zero-order valence-corrected chi connectivity index (χ0v) is 5.53. The fourth-order valence-corrected chi connectivity index (χ4v) is 1.48. The monoisotopic (exact) mass is 111 g/mol. The molecule has 0 aromatic carbocycles. The van der Waals surface area contributed by atoms with E-state index in [1.807, 2.05) is 0 Å². The second kappa shape index (κ2) is 3.01. The molecule has 1 rings (SSSR count). The van der Waals surface area contributed by atoms with E-state index in [0.29, 0.717) is 0 Å². The molecule has 1 saturated carbocycles. The van der Waals surface area contributed by atoms with Gasteiger partial charge in [0.15, 0.2) is 0 Å². The highest BCUT2D eigenvalue weighted by Crippen LogP contribution is 2.25. The molecule has 0 nitrogen and oxygen atoms in total. The standard InChI is InChI=1S/C8H15/c1-2-8-6-4-3-5-7-8/h8H,1-7H2/q+1. The molecule has 46 valence electrons. The molecule has 0 aliphatic heterocycles. The van der Waals surface area contributed by atoms with E-state index < -0.39 is 0 Å². The summed E-state index contributed by atoms with van der Waals surface area (Å²) < 4.78 is 0. The van der Waals surface area contributed by atoms with Gasteiger partial charge in [-0.25, -0.2) is 0 Å². The van der Waals surface area contributed by atoms with Crippen LogP contribution in [0.15, 0.2) is 0 Å². The number of rotatable bonds is 1. The highest BCUT2D eigenvalue weighted by Gasteiger charge is 2.12. The maximum atomic E-state index is 3.91. The van der Waals surface area contributed by atoms with Gasteiger partial charge in [0.2, 0.25) is 0 Å². The Hall–Kier alpha value is -0.130. The van der Waals surface area contributed by atoms with Crippen molar-refractivity contribution in [2.75, 3.05) is 0 Å². The molecule has 0 atom stereocenters. The van der Waals surface area contributed by atoms with E-state index >= 15 is 0 Å². The van der Waals surface area contributed by atoms with Crippen LogP contribution in [-0.2, 0) is 0 Å². The molecule has 0 unspecified atom stereocenters. The largest absolute Gasteiger partial charge is 0.0878 e. The first-order valence-electron chi connectivity index (χ1n) is 3.72. The summed E-state index contributed by atoms with van der Waals surface area (Å²) >= 11 is 0. The Morgan fingerprint density at radius 1 is 1.12 bits per heavy atom. The predicted molar refractivity (Wildman–Crippen MR) is 36.5 cm³/mol. The molecule has 0 N–H and O–H groups in total. The van der Waals surface area contributed by atoms with Gasteiger partial charge >= 0.3 is 0 Å². The van der Waals surface area contributed by atoms with Crippen molar-refractivity contribution in [3.63, 3.8) is 0 Å². The normalized spacial score (nSPS) is 23.5. The van der Waals surface area contributed by atoms with Gasteiger partial charge in [0.1, 0.15) is 0 Å². The molecule has 0 spiro atoms. The van der Waals surface area contributed by atoms with Gasteiger partial charge in [-0.3, -0.25) is 0 Å². The lowest BCUT2D eigenvalue weighted by atomic mass is 9.88. The molecule has 1 aliphatic carbocycles. The predicted octanol–water partition coefficient (Wildman–Crippen LogP) is 2.79. The molecule has 0 radical (unpaired) electrons. The molecule has 0 bridgehead atoms. The van der Waals surface area contributed by atoms with Gasteiger partial charge in [-0.05, 0) is 18.8 Å². The molecule has 1 aliphatic rings. The van der Waals surface area contributed by atoms with Crippen LogP contribution in [0, 0.1) is 12.8 Å². The third kappa shape index (κ3) is 1.43. The smallest absolute Gasteiger partial charge is 0.0533 e. The average molecular weight is 111 g/mol. The lowest BCUT2D eigenvalue weighted by Gasteiger charge is -2.16. The first kappa shape index (κ1) is 6.00. The molecule has 0 heterocycles. The highest BCUT2D eigenvalue weighted by atomic mass is 14.2. The van der Waals surface area contributed by atoms with Gasteiger partial charge < -0.3 is 0 Å². The summed E-state index contributed by atoms with van der Waals surface area (Å²) in [5.74, 6) is 0.976. The Morgan fingerprint density at radius 3 is 2.12 bits per heavy atom. The van der Waals surface area contributed by atoms with Crippen LogP contribution >= 0.6 is 0 Å². The molecule has 8 heavy (non-hydrogen) atoms. The lowest BCUT2D eigenvalue weighted by molar-refractivity contribution is 0.360. The van der Waals surface area contributed by atoms with E-state index in [1.165, 1.54) is 38.5 Å². The van der Waals surface area contributed by atoms with Crippen LogP contribution in [0.4, 0.5) is 0 Å². The molecule has 0 heteroatoms. The van der Waals surface area contributed by atoms with Crippen LogP contribution in [0.3, 0.4) is 0 Å². The van der Waals surface area contributed by atoms with Gasteiger partial charge in [-0.15, -0.1) is 0 Å². The summed E-state index contributed by atoms with van der Waals surface area (Å²) in [6, 6.07) is 0. The summed E-state index contributed by atoms with van der Waals surface area (Å²) in [4.78, 5) is 0. The van der Waals surface area contributed by atoms with Crippen LogP contribution in [-0.4, -0.2) is 0 Å². The Kier molecular flexibility index (Phi) is 2.26. The van der Waals surface area contributed by atoms with E-state index in [2.05, 4.69) is 6.92 Å². The van der Waals surface area contributed by atoms with Crippen molar-refractivity contribution in [1.29, 1.82) is 0 Å². The van der Waals surface area contributed by atoms with Crippen molar-refractivity contribution in [2.24, 2.45) is 5.92 Å². The van der Waals surface area contributed by atoms with E-state index in [1.54, 1.807) is 0 Å². The van der Waals surface area contributed by atoms with E-state index in [4.69, 9.17) is 0 Å². The lowest BCUT2D eigenvalue weighted by Crippen LogP contribution is -2.03. The summed E-state index contributed by atoms with van der Waals surface area (Å²) in [6.07, 6.45) is 8.45.